The average molecular weight is 573 g/mol. The predicted octanol–water partition coefficient (Wildman–Crippen LogP) is 3.66. The zero-order chi connectivity index (χ0) is 24.5. The maximum Gasteiger partial charge on any atom is 0.328 e. The number of imidazole rings is 1. The van der Waals surface area contributed by atoms with Crippen LogP contribution in [0.2, 0.25) is 0 Å². The molecule has 8 nitrogen and oxygen atoms in total. The van der Waals surface area contributed by atoms with E-state index in [4.69, 9.17) is 38.7 Å². The number of aryl methyl sites for hydroxylation is 2. The van der Waals surface area contributed by atoms with Gasteiger partial charge in [0.15, 0.2) is 0 Å². The molecule has 0 aliphatic rings. The fourth-order valence-electron chi connectivity index (χ4n) is 3.57. The van der Waals surface area contributed by atoms with E-state index in [1.165, 1.54) is 0 Å². The van der Waals surface area contributed by atoms with Gasteiger partial charge >= 0.3 is 5.97 Å². The molecule has 0 aliphatic heterocycles. The number of fused-ring (bicyclic) bond motifs is 1. The van der Waals surface area contributed by atoms with Crippen LogP contribution in [0.5, 0.6) is 0 Å². The van der Waals surface area contributed by atoms with Gasteiger partial charge in [0.1, 0.15) is 11.9 Å². The first-order valence-electron chi connectivity index (χ1n) is 11.3. The number of carbonyl (C=O) groups excluding carboxylic acids is 2. The normalized spacial score (nSPS) is 12.5. The molecule has 1 aromatic carbocycles. The van der Waals surface area contributed by atoms with Gasteiger partial charge in [-0.25, -0.2) is 9.78 Å². The summed E-state index contributed by atoms with van der Waals surface area (Å²) in [5, 5.41) is 2.75. The van der Waals surface area contributed by atoms with Crippen molar-refractivity contribution in [1.29, 1.82) is 0 Å². The number of alkyl halides is 2. The Hall–Kier alpha value is -1.45. The van der Waals surface area contributed by atoms with Crippen LogP contribution in [0.4, 0.5) is 5.69 Å². The molecule has 0 saturated heterocycles. The molecule has 0 spiro atoms. The topological polar surface area (TPSA) is 102 Å². The number of hydrogen-bond acceptors (Lipinski definition) is 6. The maximum atomic E-state index is 12.5. The van der Waals surface area contributed by atoms with Gasteiger partial charge in [0.2, 0.25) is 5.91 Å². The Morgan fingerprint density at radius 1 is 1.20 bits per heavy atom. The monoisotopic (exact) mass is 571 g/mol. The zero-order valence-corrected chi connectivity index (χ0v) is 23.8. The number of hydrogen-bond donors (Lipinski definition) is 2. The molecule has 2 aromatic rings. The Labute approximate surface area is 230 Å². The van der Waals surface area contributed by atoms with Gasteiger partial charge in [-0.3, -0.25) is 4.79 Å². The Bertz CT molecular complexity index is 935. The standard InChI is InChI=1S/C23H35Cl2N5O3.2ClH/c1-5-33-23(32)17(28-22(31)21(26)15(2)3)7-9-20-27-18-14-16(6-8-19(18)29(20)4)30(12-10-24)13-11-25;;/h6,8,14-15,17,21H,5,7,9-13,26H2,1-4H3,(H,28,31);2*1H/t17-,21-;;/m0../s1. The number of anilines is 1. The van der Waals surface area contributed by atoms with E-state index in [0.717, 1.165) is 22.5 Å². The molecule has 2 rings (SSSR count). The summed E-state index contributed by atoms with van der Waals surface area (Å²) in [4.78, 5) is 31.8. The van der Waals surface area contributed by atoms with Crippen LogP contribution < -0.4 is 16.0 Å². The summed E-state index contributed by atoms with van der Waals surface area (Å²) in [5.41, 5.74) is 8.77. The molecule has 35 heavy (non-hydrogen) atoms. The van der Waals surface area contributed by atoms with E-state index < -0.39 is 18.1 Å². The Morgan fingerprint density at radius 2 is 1.83 bits per heavy atom. The molecule has 0 saturated carbocycles. The van der Waals surface area contributed by atoms with Crippen molar-refractivity contribution in [2.45, 2.75) is 45.7 Å². The van der Waals surface area contributed by atoms with Gasteiger partial charge in [-0.15, -0.1) is 48.0 Å². The number of esters is 1. The van der Waals surface area contributed by atoms with Crippen LogP contribution in [0.1, 0.15) is 33.0 Å². The van der Waals surface area contributed by atoms with E-state index in [2.05, 4.69) is 10.2 Å². The molecule has 3 N–H and O–H groups in total. The van der Waals surface area contributed by atoms with Crippen molar-refractivity contribution in [3.8, 4) is 0 Å². The van der Waals surface area contributed by atoms with Crippen LogP contribution in [0.3, 0.4) is 0 Å². The highest BCUT2D eigenvalue weighted by Gasteiger charge is 2.26. The third kappa shape index (κ3) is 9.17. The van der Waals surface area contributed by atoms with Crippen molar-refractivity contribution in [3.63, 3.8) is 0 Å². The molecule has 1 aromatic heterocycles. The number of nitrogens with two attached hydrogens (primary N) is 1. The number of nitrogens with one attached hydrogen (secondary N) is 1. The van der Waals surface area contributed by atoms with E-state index in [9.17, 15) is 9.59 Å². The summed E-state index contributed by atoms with van der Waals surface area (Å²) in [6.45, 7) is 7.07. The van der Waals surface area contributed by atoms with Gasteiger partial charge in [-0.05, 0) is 37.5 Å². The van der Waals surface area contributed by atoms with E-state index in [-0.39, 0.29) is 43.2 Å². The Kier molecular flexibility index (Phi) is 15.6. The first-order valence-corrected chi connectivity index (χ1v) is 12.3. The molecule has 0 radical (unpaired) electrons. The van der Waals surface area contributed by atoms with Crippen molar-refractivity contribution in [1.82, 2.24) is 14.9 Å². The first-order chi connectivity index (χ1) is 15.7. The SMILES string of the molecule is CCOC(=O)[C@H](CCc1nc2cc(N(CCCl)CCCl)ccc2n1C)NC(=O)[C@@H](N)C(C)C.Cl.Cl. The Balaban J connectivity index is 0.00000578. The smallest absolute Gasteiger partial charge is 0.328 e. The van der Waals surface area contributed by atoms with Crippen LogP contribution >= 0.6 is 48.0 Å². The van der Waals surface area contributed by atoms with Crippen molar-refractivity contribution < 1.29 is 14.3 Å². The second-order valence-corrected chi connectivity index (χ2v) is 9.00. The number of carbonyl (C=O) groups is 2. The largest absolute Gasteiger partial charge is 0.464 e. The fourth-order valence-corrected chi connectivity index (χ4v) is 3.98. The molecule has 0 fully saturated rings. The van der Waals surface area contributed by atoms with Crippen molar-refractivity contribution >= 4 is 76.6 Å². The van der Waals surface area contributed by atoms with Crippen LogP contribution in [0.25, 0.3) is 11.0 Å². The highest BCUT2D eigenvalue weighted by Crippen LogP contribution is 2.23. The summed E-state index contributed by atoms with van der Waals surface area (Å²) in [6, 6.07) is 4.58. The highest BCUT2D eigenvalue weighted by atomic mass is 35.5. The fraction of sp³-hybridized carbons (Fsp3) is 0.609. The summed E-state index contributed by atoms with van der Waals surface area (Å²) in [5.74, 6) is 0.935. The number of nitrogens with zero attached hydrogens (tertiary/aromatic N) is 3. The lowest BCUT2D eigenvalue weighted by atomic mass is 10.0. The molecule has 200 valence electrons. The summed E-state index contributed by atoms with van der Waals surface area (Å²) in [7, 11) is 1.94. The zero-order valence-electron chi connectivity index (χ0n) is 20.6. The van der Waals surface area contributed by atoms with Crippen molar-refractivity contribution in [2.24, 2.45) is 18.7 Å². The van der Waals surface area contributed by atoms with Gasteiger partial charge in [-0.1, -0.05) is 13.8 Å². The number of benzene rings is 1. The lowest BCUT2D eigenvalue weighted by Gasteiger charge is -2.22. The second kappa shape index (κ2) is 16.3. The Morgan fingerprint density at radius 3 is 2.37 bits per heavy atom. The number of ether oxygens (including phenoxy) is 1. The van der Waals surface area contributed by atoms with Gasteiger partial charge in [0.25, 0.3) is 0 Å². The minimum Gasteiger partial charge on any atom is -0.464 e. The molecule has 0 unspecified atom stereocenters. The molecule has 0 aliphatic carbocycles. The van der Waals surface area contributed by atoms with Gasteiger partial charge in [-0.2, -0.15) is 0 Å². The van der Waals surface area contributed by atoms with Crippen LogP contribution in [-0.4, -0.2) is 65.0 Å². The van der Waals surface area contributed by atoms with Crippen LogP contribution in [0.15, 0.2) is 18.2 Å². The number of amides is 1. The third-order valence-electron chi connectivity index (χ3n) is 5.60. The van der Waals surface area contributed by atoms with Gasteiger partial charge < -0.3 is 25.3 Å². The molecule has 2 atom stereocenters. The molecule has 12 heteroatoms. The lowest BCUT2D eigenvalue weighted by molar-refractivity contribution is -0.147. The highest BCUT2D eigenvalue weighted by molar-refractivity contribution is 6.18. The number of aromatic nitrogens is 2. The average Bonchev–Trinajstić information content (AvgIpc) is 3.10. The summed E-state index contributed by atoms with van der Waals surface area (Å²) >= 11 is 11.9. The number of halogens is 4. The van der Waals surface area contributed by atoms with Gasteiger partial charge in [0, 0.05) is 44.0 Å². The molecular weight excluding hydrogens is 536 g/mol. The summed E-state index contributed by atoms with van der Waals surface area (Å²) < 4.78 is 7.16. The molecule has 1 heterocycles. The minimum absolute atomic E-state index is 0. The molecule has 1 amide bonds. The van der Waals surface area contributed by atoms with E-state index in [1.54, 1.807) is 6.92 Å². The minimum atomic E-state index is -0.791. The molecular formula is C23H37Cl4N5O3. The van der Waals surface area contributed by atoms with Crippen molar-refractivity contribution in [2.75, 3.05) is 36.4 Å². The third-order valence-corrected chi connectivity index (χ3v) is 5.93. The van der Waals surface area contributed by atoms with Gasteiger partial charge in [0.05, 0.1) is 23.7 Å². The van der Waals surface area contributed by atoms with Crippen molar-refractivity contribution in [3.05, 3.63) is 24.0 Å². The number of rotatable bonds is 13. The van der Waals surface area contributed by atoms with E-state index in [1.807, 2.05) is 43.7 Å². The lowest BCUT2D eigenvalue weighted by Crippen LogP contribution is -2.50. The van der Waals surface area contributed by atoms with E-state index in [0.29, 0.717) is 37.7 Å². The van der Waals surface area contributed by atoms with Crippen LogP contribution in [0, 0.1) is 5.92 Å². The predicted molar refractivity (Wildman–Crippen MR) is 149 cm³/mol. The van der Waals surface area contributed by atoms with Crippen LogP contribution in [-0.2, 0) is 27.8 Å². The van der Waals surface area contributed by atoms with E-state index >= 15 is 0 Å². The summed E-state index contributed by atoms with van der Waals surface area (Å²) in [6.07, 6.45) is 0.832. The first kappa shape index (κ1) is 33.5. The molecule has 0 bridgehead atoms. The second-order valence-electron chi connectivity index (χ2n) is 8.25. The maximum absolute atomic E-state index is 12.5. The quantitative estimate of drug-likeness (QED) is 0.280.